The van der Waals surface area contributed by atoms with Gasteiger partial charge in [0.15, 0.2) is 0 Å². The largest absolute Gasteiger partial charge is 0.339 e. The Kier molecular flexibility index (Phi) is 5.34. The van der Waals surface area contributed by atoms with E-state index in [2.05, 4.69) is 54.8 Å². The zero-order valence-corrected chi connectivity index (χ0v) is 18.0. The summed E-state index contributed by atoms with van der Waals surface area (Å²) in [6.45, 7) is 8.72. The molecule has 27 heavy (non-hydrogen) atoms. The van der Waals surface area contributed by atoms with Gasteiger partial charge in [0.25, 0.3) is 0 Å². The molecule has 0 N–H and O–H groups in total. The summed E-state index contributed by atoms with van der Waals surface area (Å²) in [5.74, 6) is 0.190. The molecule has 1 fully saturated rings. The molecule has 0 bridgehead atoms. The standard InChI is InChI=1S/C20H23BrN4OS/c1-14-20(21)17-5-3-4-6-18(17)25(14)12-19(26)24-9-7-23(8-10-24)11-16-13-27-15(2)22-16/h3-6,13H,7-12H2,1-2H3. The highest BCUT2D eigenvalue weighted by atomic mass is 79.9. The predicted octanol–water partition coefficient (Wildman–Crippen LogP) is 3.82. The summed E-state index contributed by atoms with van der Waals surface area (Å²) in [5, 5.41) is 4.40. The van der Waals surface area contributed by atoms with E-state index in [0.29, 0.717) is 6.54 Å². The smallest absolute Gasteiger partial charge is 0.242 e. The SMILES string of the molecule is Cc1nc(CN2CCN(C(=O)Cn3c(C)c(Br)c4ccccc43)CC2)cs1. The van der Waals surface area contributed by atoms with Crippen LogP contribution >= 0.6 is 27.3 Å². The lowest BCUT2D eigenvalue weighted by Gasteiger charge is -2.34. The van der Waals surface area contributed by atoms with E-state index in [-0.39, 0.29) is 5.91 Å². The average molecular weight is 447 g/mol. The van der Waals surface area contributed by atoms with E-state index >= 15 is 0 Å². The summed E-state index contributed by atoms with van der Waals surface area (Å²) in [6.07, 6.45) is 0. The highest BCUT2D eigenvalue weighted by Crippen LogP contribution is 2.30. The fourth-order valence-corrected chi connectivity index (χ4v) is 4.85. The van der Waals surface area contributed by atoms with E-state index in [1.807, 2.05) is 24.0 Å². The van der Waals surface area contributed by atoms with Crippen molar-refractivity contribution in [2.45, 2.75) is 26.9 Å². The number of hydrogen-bond acceptors (Lipinski definition) is 4. The monoisotopic (exact) mass is 446 g/mol. The fraction of sp³-hybridized carbons (Fsp3) is 0.400. The normalized spacial score (nSPS) is 15.6. The molecule has 1 aliphatic rings. The van der Waals surface area contributed by atoms with E-state index in [0.717, 1.165) is 64.5 Å². The van der Waals surface area contributed by atoms with Gasteiger partial charge in [0.1, 0.15) is 6.54 Å². The minimum Gasteiger partial charge on any atom is -0.339 e. The number of carbonyl (C=O) groups is 1. The van der Waals surface area contributed by atoms with Gasteiger partial charge in [-0.15, -0.1) is 11.3 Å². The number of thiazole rings is 1. The van der Waals surface area contributed by atoms with Gasteiger partial charge in [-0.1, -0.05) is 18.2 Å². The molecule has 142 valence electrons. The van der Waals surface area contributed by atoms with Crippen molar-refractivity contribution in [3.05, 3.63) is 50.5 Å². The van der Waals surface area contributed by atoms with Gasteiger partial charge in [0.05, 0.1) is 10.7 Å². The molecule has 3 heterocycles. The number of fused-ring (bicyclic) bond motifs is 1. The summed E-state index contributed by atoms with van der Waals surface area (Å²) in [7, 11) is 0. The van der Waals surface area contributed by atoms with Gasteiger partial charge in [-0.2, -0.15) is 0 Å². The van der Waals surface area contributed by atoms with Crippen LogP contribution in [0, 0.1) is 13.8 Å². The maximum atomic E-state index is 12.9. The molecule has 0 atom stereocenters. The van der Waals surface area contributed by atoms with E-state index in [4.69, 9.17) is 0 Å². The fourth-order valence-electron chi connectivity index (χ4n) is 3.69. The highest BCUT2D eigenvalue weighted by molar-refractivity contribution is 9.10. The maximum Gasteiger partial charge on any atom is 0.242 e. The van der Waals surface area contributed by atoms with Crippen LogP contribution in [0.25, 0.3) is 10.9 Å². The van der Waals surface area contributed by atoms with Crippen molar-refractivity contribution in [2.75, 3.05) is 26.2 Å². The number of rotatable bonds is 4. The number of amides is 1. The molecule has 0 radical (unpaired) electrons. The number of piperazine rings is 1. The molecule has 0 spiro atoms. The number of benzene rings is 1. The second-order valence-corrected chi connectivity index (χ2v) is 8.87. The van der Waals surface area contributed by atoms with Crippen LogP contribution in [-0.2, 0) is 17.9 Å². The van der Waals surface area contributed by atoms with Gasteiger partial charge < -0.3 is 9.47 Å². The Morgan fingerprint density at radius 2 is 1.93 bits per heavy atom. The molecule has 1 aromatic carbocycles. The average Bonchev–Trinajstić information content (AvgIpc) is 3.19. The Morgan fingerprint density at radius 1 is 1.19 bits per heavy atom. The summed E-state index contributed by atoms with van der Waals surface area (Å²) >= 11 is 5.37. The van der Waals surface area contributed by atoms with Crippen molar-refractivity contribution >= 4 is 44.1 Å². The Hall–Kier alpha value is -1.70. The third kappa shape index (κ3) is 3.81. The van der Waals surface area contributed by atoms with Crippen molar-refractivity contribution < 1.29 is 4.79 Å². The van der Waals surface area contributed by atoms with Crippen LogP contribution in [0.4, 0.5) is 0 Å². The number of halogens is 1. The van der Waals surface area contributed by atoms with Gasteiger partial charge in [-0.3, -0.25) is 9.69 Å². The van der Waals surface area contributed by atoms with E-state index in [1.54, 1.807) is 11.3 Å². The Labute approximate surface area is 171 Å². The number of hydrogen-bond donors (Lipinski definition) is 0. The third-order valence-electron chi connectivity index (χ3n) is 5.22. The first-order chi connectivity index (χ1) is 13.0. The van der Waals surface area contributed by atoms with Crippen LogP contribution in [0.5, 0.6) is 0 Å². The molecule has 7 heteroatoms. The number of nitrogens with zero attached hydrogens (tertiary/aromatic N) is 4. The highest BCUT2D eigenvalue weighted by Gasteiger charge is 2.23. The second kappa shape index (κ2) is 7.73. The summed E-state index contributed by atoms with van der Waals surface area (Å²) in [6, 6.07) is 8.22. The van der Waals surface area contributed by atoms with Crippen LogP contribution in [0.1, 0.15) is 16.4 Å². The van der Waals surface area contributed by atoms with Crippen LogP contribution in [-0.4, -0.2) is 51.4 Å². The molecule has 1 aliphatic heterocycles. The van der Waals surface area contributed by atoms with Crippen LogP contribution in [0.2, 0.25) is 0 Å². The zero-order valence-electron chi connectivity index (χ0n) is 15.6. The first-order valence-electron chi connectivity index (χ1n) is 9.17. The lowest BCUT2D eigenvalue weighted by molar-refractivity contribution is -0.133. The predicted molar refractivity (Wildman–Crippen MR) is 113 cm³/mol. The molecule has 2 aromatic heterocycles. The van der Waals surface area contributed by atoms with Crippen molar-refractivity contribution in [1.82, 2.24) is 19.4 Å². The molecule has 4 rings (SSSR count). The summed E-state index contributed by atoms with van der Waals surface area (Å²) in [5.41, 5.74) is 3.34. The maximum absolute atomic E-state index is 12.9. The van der Waals surface area contributed by atoms with E-state index in [9.17, 15) is 4.79 Å². The molecular formula is C20H23BrN4OS. The first kappa shape index (κ1) is 18.7. The minimum absolute atomic E-state index is 0.190. The minimum atomic E-state index is 0.190. The first-order valence-corrected chi connectivity index (χ1v) is 10.8. The van der Waals surface area contributed by atoms with Crippen molar-refractivity contribution in [2.24, 2.45) is 0 Å². The van der Waals surface area contributed by atoms with Gasteiger partial charge in [-0.05, 0) is 35.8 Å². The lowest BCUT2D eigenvalue weighted by atomic mass is 10.2. The van der Waals surface area contributed by atoms with Crippen molar-refractivity contribution in [3.8, 4) is 0 Å². The summed E-state index contributed by atoms with van der Waals surface area (Å²) in [4.78, 5) is 21.8. The van der Waals surface area contributed by atoms with Crippen molar-refractivity contribution in [1.29, 1.82) is 0 Å². The van der Waals surface area contributed by atoms with Gasteiger partial charge >= 0.3 is 0 Å². The van der Waals surface area contributed by atoms with Gasteiger partial charge in [0.2, 0.25) is 5.91 Å². The summed E-state index contributed by atoms with van der Waals surface area (Å²) < 4.78 is 3.20. The Bertz CT molecular complexity index is 972. The molecule has 1 amide bonds. The van der Waals surface area contributed by atoms with Crippen molar-refractivity contribution in [3.63, 3.8) is 0 Å². The number of aryl methyl sites for hydroxylation is 1. The molecule has 1 saturated heterocycles. The quantitative estimate of drug-likeness (QED) is 0.611. The number of aromatic nitrogens is 2. The molecule has 5 nitrogen and oxygen atoms in total. The number of para-hydroxylation sites is 1. The number of carbonyl (C=O) groups excluding carboxylic acids is 1. The molecule has 0 aliphatic carbocycles. The van der Waals surface area contributed by atoms with Gasteiger partial charge in [-0.25, -0.2) is 4.98 Å². The van der Waals surface area contributed by atoms with E-state index < -0.39 is 0 Å². The molecule has 3 aromatic rings. The van der Waals surface area contributed by atoms with Crippen LogP contribution < -0.4 is 0 Å². The topological polar surface area (TPSA) is 41.4 Å². The van der Waals surface area contributed by atoms with E-state index in [1.165, 1.54) is 0 Å². The zero-order chi connectivity index (χ0) is 19.0. The van der Waals surface area contributed by atoms with Gasteiger partial charge in [0, 0.05) is 59.2 Å². The molecule has 0 unspecified atom stereocenters. The van der Waals surface area contributed by atoms with Crippen LogP contribution in [0.3, 0.4) is 0 Å². The molecular weight excluding hydrogens is 424 g/mol. The Morgan fingerprint density at radius 3 is 2.63 bits per heavy atom. The Balaban J connectivity index is 1.40. The molecule has 0 saturated carbocycles. The third-order valence-corrected chi connectivity index (χ3v) is 7.05. The van der Waals surface area contributed by atoms with Crippen LogP contribution in [0.15, 0.2) is 34.1 Å². The lowest BCUT2D eigenvalue weighted by Crippen LogP contribution is -2.49. The second-order valence-electron chi connectivity index (χ2n) is 7.02.